The number of hydrogen-bond donors (Lipinski definition) is 7. The van der Waals surface area contributed by atoms with E-state index >= 15 is 0 Å². The Hall–Kier alpha value is -10.8. The molecule has 51 heteroatoms. The van der Waals surface area contributed by atoms with Crippen molar-refractivity contribution >= 4 is 95.6 Å². The van der Waals surface area contributed by atoms with Crippen LogP contribution in [0.4, 0.5) is 0 Å². The first-order chi connectivity index (χ1) is 68.0. The fourth-order valence-corrected chi connectivity index (χ4v) is 23.7. The predicted octanol–water partition coefficient (Wildman–Crippen LogP) is 19.4. The molecule has 44 nitrogen and oxygen atoms in total. The monoisotopic (exact) mass is 2190 g/mol. The fourth-order valence-electron chi connectivity index (χ4n) is 14.0. The second-order valence-electron chi connectivity index (χ2n) is 30.8. The number of rotatable bonds is 39. The van der Waals surface area contributed by atoms with E-state index in [9.17, 15) is 91.0 Å². The van der Waals surface area contributed by atoms with Gasteiger partial charge in [-0.25, -0.2) is 24.0 Å². The number of methoxy groups -OCH3 is 5. The zero-order valence-corrected chi connectivity index (χ0v) is 92.2. The zero-order valence-electron chi connectivity index (χ0n) is 85.9. The summed E-state index contributed by atoms with van der Waals surface area (Å²) in [6, 6.07) is 1.75. The Labute approximate surface area is 849 Å². The minimum absolute atomic E-state index is 0. The minimum Gasteiger partial charge on any atom is -0.507 e. The summed E-state index contributed by atoms with van der Waals surface area (Å²) < 4.78 is 189. The first-order valence-corrected chi connectivity index (χ1v) is 54.7. The van der Waals surface area contributed by atoms with E-state index in [4.69, 9.17) is 80.5 Å². The average molecular weight is 2190 g/mol. The molecule has 0 amide bonds. The van der Waals surface area contributed by atoms with Gasteiger partial charge in [0, 0.05) is 165 Å². The van der Waals surface area contributed by atoms with Crippen molar-refractivity contribution in [2.75, 3.05) is 133 Å². The number of fused-ring (bicyclic) bond motifs is 5. The summed E-state index contributed by atoms with van der Waals surface area (Å²) in [6.45, 7) is 19.8. The zero-order chi connectivity index (χ0) is 111. The van der Waals surface area contributed by atoms with Crippen LogP contribution in [-0.4, -0.2) is 210 Å². The molecule has 7 N–H and O–H groups in total. The van der Waals surface area contributed by atoms with Crippen molar-refractivity contribution in [2.24, 2.45) is 0 Å². The number of benzene rings is 5. The standard InChI is InChI=1S/2C18H23O7P.C16H19O7P.2C15H16O5.2C5H14O6P2.C2H3N.CH4/c2*1-11(8-9-26(21,23-4)24-5)6-7-13-16(19)15-14(10-25-18(15)20)12(2)17(13)22-3;1-9(6-7-24(19,20)21)4-5-11-14(17)13-12(8-23-16(13)18)10(2)15(11)22-3;2*1-8(6-16)4-5-10-13(17)12-11(7-20-15(12)18)9(2)14(10)19-3;2*1-8-12(6,9-2)5-13(7,10-3)11-4;1-2-3;/h2*6,8-9,19H,7,10H2,1-5H3;4,6-7,17H,5,8H2,1-3H3,(H2,19,20,21);2*4,6,17H,5,7H2,1-3H3;2*5H2,1-4H3;1H3;1H4/b2*9-8+,11-6+;7-6+,9-4+;2*8-4+;;;;. The van der Waals surface area contributed by atoms with Crippen LogP contribution in [0.15, 0.2) is 93.9 Å². The highest BCUT2D eigenvalue weighted by atomic mass is 31.2. The third kappa shape index (κ3) is 34.7. The van der Waals surface area contributed by atoms with E-state index in [1.165, 1.54) is 146 Å². The largest absolute Gasteiger partial charge is 0.507 e. The van der Waals surface area contributed by atoms with Gasteiger partial charge in [-0.15, -0.1) is 0 Å². The van der Waals surface area contributed by atoms with Crippen LogP contribution in [0.3, 0.4) is 0 Å². The maximum absolute atomic E-state index is 12.0. The van der Waals surface area contributed by atoms with Gasteiger partial charge in [0.05, 0.1) is 41.6 Å². The summed E-state index contributed by atoms with van der Waals surface area (Å²) in [6.07, 6.45) is 16.1. The van der Waals surface area contributed by atoms with Gasteiger partial charge in [0.15, 0.2) is 11.8 Å². The molecule has 10 rings (SSSR count). The highest BCUT2D eigenvalue weighted by Crippen LogP contribution is 2.64. The van der Waals surface area contributed by atoms with Crippen molar-refractivity contribution in [1.29, 1.82) is 5.26 Å². The van der Waals surface area contributed by atoms with Crippen LogP contribution in [0.5, 0.6) is 57.5 Å². The molecule has 5 aliphatic heterocycles. The topological polar surface area (TPSA) is 607 Å². The molecule has 0 fully saturated rings. The van der Waals surface area contributed by atoms with Gasteiger partial charge < -0.3 is 137 Å². The number of hydrogen-bond acceptors (Lipinski definition) is 42. The Morgan fingerprint density at radius 2 is 0.479 bits per heavy atom. The molecule has 0 unspecified atom stereocenters. The highest BCUT2D eigenvalue weighted by molar-refractivity contribution is 7.72. The molecule has 0 aliphatic carbocycles. The lowest BCUT2D eigenvalue weighted by atomic mass is 9.95. The van der Waals surface area contributed by atoms with E-state index in [2.05, 4.69) is 36.2 Å². The van der Waals surface area contributed by atoms with Crippen LogP contribution in [0.25, 0.3) is 0 Å². The summed E-state index contributed by atoms with van der Waals surface area (Å²) in [5.74, 6) is 1.92. The number of allylic oxidation sites excluding steroid dienone is 13. The van der Waals surface area contributed by atoms with Crippen LogP contribution >= 0.6 is 53.2 Å². The minimum atomic E-state index is -4.22. The van der Waals surface area contributed by atoms with E-state index in [0.717, 1.165) is 57.4 Å². The molecule has 810 valence electrons. The smallest absolute Gasteiger partial charge is 0.353 e. The molecule has 0 atom stereocenters. The fraction of sp³-hybridized carbons (Fsp3) is 0.432. The van der Waals surface area contributed by atoms with Crippen molar-refractivity contribution in [1.82, 2.24) is 0 Å². The number of phenolic OH excluding ortho intramolecular Hbond substituents is 5. The van der Waals surface area contributed by atoms with Crippen molar-refractivity contribution in [3.63, 3.8) is 0 Å². The van der Waals surface area contributed by atoms with Crippen molar-refractivity contribution in [3.05, 3.63) is 205 Å². The van der Waals surface area contributed by atoms with Crippen LogP contribution in [-0.2, 0) is 185 Å². The average Bonchev–Trinajstić information content (AvgIpc) is 1.69. The number of aldehydes is 2. The van der Waals surface area contributed by atoms with Crippen LogP contribution in [0.2, 0.25) is 0 Å². The van der Waals surface area contributed by atoms with E-state index < -0.39 is 83.0 Å². The second-order valence-corrected chi connectivity index (χ2v) is 46.6. The van der Waals surface area contributed by atoms with Crippen molar-refractivity contribution < 1.29 is 202 Å². The van der Waals surface area contributed by atoms with E-state index in [1.54, 1.807) is 64.1 Å². The van der Waals surface area contributed by atoms with Gasteiger partial charge in [-0.05, 0) is 140 Å². The summed E-state index contributed by atoms with van der Waals surface area (Å²) in [7, 11) is -1.69. The Kier molecular flexibility index (Phi) is 54.0. The van der Waals surface area contributed by atoms with Gasteiger partial charge in [0.2, 0.25) is 0 Å². The summed E-state index contributed by atoms with van der Waals surface area (Å²) in [5.41, 5.74) is 13.6. The molecule has 0 bridgehead atoms. The number of esters is 5. The number of aromatic hydroxyl groups is 5. The van der Waals surface area contributed by atoms with Crippen molar-refractivity contribution in [3.8, 4) is 63.6 Å². The summed E-state index contributed by atoms with van der Waals surface area (Å²) in [5, 5.41) is 59.5. The third-order valence-electron chi connectivity index (χ3n) is 22.3. The SMILES string of the molecule is C.CC#N.COP(=O)(CP(=O)(OC)OC)OC.COP(=O)(CP(=O)(OC)OC)OC.COc1c(C)c2c(c(O)c1C/C=C(C)/C=C/P(=O)(O)O)C(=O)OC2.COc1c(C)c2c(c(O)c1C/C=C(C)/C=C/P(=O)(OC)OC)C(=O)OC2.COc1c(C)c2c(c(O)c1C/C=C(C)/C=C/P(=O)(OC)OC)C(=O)OC2.COc1c(C)c2c(c(O)c1C/C=C(\C)C=O)C(=O)OC2.COc1c(C)c2c(c(O)c1C/C=C(\C)C=O)C(=O)OC2. The molecule has 5 aromatic rings. The number of carbonyl (C=O) groups is 7. The van der Waals surface area contributed by atoms with Crippen molar-refractivity contribution in [2.45, 2.75) is 149 Å². The van der Waals surface area contributed by atoms with Gasteiger partial charge in [-0.1, -0.05) is 72.8 Å². The molecule has 5 heterocycles. The number of nitrogens with zero attached hydrogens (tertiary/aromatic N) is 1. The molecule has 0 aromatic heterocycles. The van der Waals surface area contributed by atoms with Gasteiger partial charge in [0.1, 0.15) is 131 Å². The van der Waals surface area contributed by atoms with Crippen LogP contribution in [0, 0.1) is 45.9 Å². The van der Waals surface area contributed by atoms with Gasteiger partial charge >= 0.3 is 83.0 Å². The number of cyclic esters (lactones) is 5. The van der Waals surface area contributed by atoms with Gasteiger partial charge in [-0.2, -0.15) is 5.26 Å². The second kappa shape index (κ2) is 60.0. The first kappa shape index (κ1) is 131. The quantitative estimate of drug-likeness (QED) is 0.00480. The highest BCUT2D eigenvalue weighted by Gasteiger charge is 2.41. The van der Waals surface area contributed by atoms with E-state index in [0.29, 0.717) is 127 Å². The maximum atomic E-state index is 12.0. The van der Waals surface area contributed by atoms with E-state index in [1.807, 2.05) is 53.7 Å². The first-order valence-electron chi connectivity index (χ1n) is 42.9. The number of ether oxygens (including phenoxy) is 10. The van der Waals surface area contributed by atoms with E-state index in [-0.39, 0.29) is 115 Å². The summed E-state index contributed by atoms with van der Waals surface area (Å²) >= 11 is 0. The van der Waals surface area contributed by atoms with Crippen LogP contribution < -0.4 is 23.7 Å². The normalized spacial score (nSPS) is 13.9. The Morgan fingerprint density at radius 3 is 0.623 bits per heavy atom. The molecule has 5 aromatic carbocycles. The lowest BCUT2D eigenvalue weighted by molar-refractivity contribution is -0.105. The molecular formula is C95H132NO43P7. The molecular weight excluding hydrogens is 2060 g/mol. The third-order valence-corrected chi connectivity index (χ3v) is 35.9. The summed E-state index contributed by atoms with van der Waals surface area (Å²) in [4.78, 5) is 97.9. The Bertz CT molecular complexity index is 5850. The predicted molar refractivity (Wildman–Crippen MR) is 539 cm³/mol. The lowest BCUT2D eigenvalue weighted by Crippen LogP contribution is -2.03. The molecule has 5 aliphatic rings. The van der Waals surface area contributed by atoms with Gasteiger partial charge in [0.25, 0.3) is 0 Å². The van der Waals surface area contributed by atoms with Gasteiger partial charge in [-0.3, -0.25) is 41.5 Å². The molecule has 146 heavy (non-hydrogen) atoms. The van der Waals surface area contributed by atoms with Crippen LogP contribution in [0.1, 0.15) is 184 Å². The lowest BCUT2D eigenvalue weighted by Gasteiger charge is -2.18. The number of carbonyl (C=O) groups excluding carboxylic acids is 7. The number of nitriles is 1. The molecule has 0 radical (unpaired) electrons. The molecule has 0 saturated carbocycles. The Balaban J connectivity index is 0.000000580. The molecule has 0 saturated heterocycles. The number of phenols is 5. The Morgan fingerprint density at radius 1 is 0.315 bits per heavy atom. The molecule has 0 spiro atoms. The maximum Gasteiger partial charge on any atom is 0.353 e.